The molecule has 0 bridgehead atoms. The minimum absolute atomic E-state index is 0.106. The molecule has 2 aromatic rings. The minimum Gasteiger partial charge on any atom is -0.478 e. The third kappa shape index (κ3) is 3.29. The fourth-order valence-corrected chi connectivity index (χ4v) is 1.62. The van der Waals surface area contributed by atoms with Gasteiger partial charge >= 0.3 is 11.9 Å². The van der Waals surface area contributed by atoms with E-state index in [1.54, 1.807) is 6.21 Å². The smallest absolute Gasteiger partial charge is 0.335 e. The van der Waals surface area contributed by atoms with Gasteiger partial charge in [0, 0.05) is 6.21 Å². The summed E-state index contributed by atoms with van der Waals surface area (Å²) in [6.07, 6.45) is 1.55. The number of carboxylic acids is 2. The highest BCUT2D eigenvalue weighted by atomic mass is 16.4. The first kappa shape index (κ1) is 13.5. The zero-order valence-electron chi connectivity index (χ0n) is 10.4. The Morgan fingerprint density at radius 3 is 1.95 bits per heavy atom. The predicted octanol–water partition coefficient (Wildman–Crippen LogP) is 2.83. The Hall–Kier alpha value is -2.95. The Morgan fingerprint density at radius 2 is 1.45 bits per heavy atom. The molecule has 5 nitrogen and oxygen atoms in total. The van der Waals surface area contributed by atoms with E-state index in [1.807, 2.05) is 30.3 Å². The summed E-state index contributed by atoms with van der Waals surface area (Å²) in [5.74, 6) is -2.38. The van der Waals surface area contributed by atoms with Gasteiger partial charge in [-0.05, 0) is 23.8 Å². The molecule has 0 saturated heterocycles. The van der Waals surface area contributed by atoms with Gasteiger partial charge in [0.1, 0.15) is 0 Å². The highest BCUT2D eigenvalue weighted by Gasteiger charge is 2.10. The van der Waals surface area contributed by atoms with Gasteiger partial charge < -0.3 is 10.2 Å². The number of carboxylic acid groups (broad SMARTS) is 2. The van der Waals surface area contributed by atoms with Gasteiger partial charge in [-0.25, -0.2) is 9.59 Å². The van der Waals surface area contributed by atoms with Crippen LogP contribution in [0, 0.1) is 0 Å². The summed E-state index contributed by atoms with van der Waals surface area (Å²) in [6.45, 7) is 0. The minimum atomic E-state index is -1.19. The van der Waals surface area contributed by atoms with Crippen LogP contribution in [0.5, 0.6) is 0 Å². The Labute approximate surface area is 114 Å². The topological polar surface area (TPSA) is 87.0 Å². The SMILES string of the molecule is O=C(O)c1cc(N=Cc2ccccc2)cc(C(=O)O)c1. The summed E-state index contributed by atoms with van der Waals surface area (Å²) in [7, 11) is 0. The van der Waals surface area contributed by atoms with Gasteiger partial charge in [0.25, 0.3) is 0 Å². The molecule has 0 aromatic heterocycles. The van der Waals surface area contributed by atoms with Crippen molar-refractivity contribution in [2.45, 2.75) is 0 Å². The number of hydrogen-bond donors (Lipinski definition) is 2. The molecule has 0 radical (unpaired) electrons. The normalized spacial score (nSPS) is 10.6. The van der Waals surface area contributed by atoms with Crippen LogP contribution in [0.15, 0.2) is 53.5 Å². The van der Waals surface area contributed by atoms with E-state index in [9.17, 15) is 9.59 Å². The van der Waals surface area contributed by atoms with Crippen LogP contribution in [-0.2, 0) is 0 Å². The second-order valence-electron chi connectivity index (χ2n) is 4.05. The summed E-state index contributed by atoms with van der Waals surface area (Å²) in [6, 6.07) is 13.0. The van der Waals surface area contributed by atoms with Gasteiger partial charge in [-0.3, -0.25) is 4.99 Å². The molecule has 0 unspecified atom stereocenters. The van der Waals surface area contributed by atoms with Gasteiger partial charge in [0.15, 0.2) is 0 Å². The van der Waals surface area contributed by atoms with Gasteiger partial charge in [-0.2, -0.15) is 0 Å². The Balaban J connectivity index is 2.38. The number of hydrogen-bond acceptors (Lipinski definition) is 3. The van der Waals surface area contributed by atoms with Gasteiger partial charge in [-0.15, -0.1) is 0 Å². The van der Waals surface area contributed by atoms with Crippen molar-refractivity contribution in [3.8, 4) is 0 Å². The van der Waals surface area contributed by atoms with Crippen LogP contribution in [0.4, 0.5) is 5.69 Å². The van der Waals surface area contributed by atoms with E-state index in [1.165, 1.54) is 12.1 Å². The molecule has 0 fully saturated rings. The number of rotatable bonds is 4. The Kier molecular flexibility index (Phi) is 3.91. The fraction of sp³-hybridized carbons (Fsp3) is 0. The lowest BCUT2D eigenvalue weighted by molar-refractivity contribution is 0.0696. The molecular formula is C15H11NO4. The van der Waals surface area contributed by atoms with E-state index in [0.717, 1.165) is 11.6 Å². The van der Waals surface area contributed by atoms with Crippen molar-refractivity contribution >= 4 is 23.8 Å². The van der Waals surface area contributed by atoms with Crippen LogP contribution in [0.25, 0.3) is 0 Å². The van der Waals surface area contributed by atoms with Crippen LogP contribution >= 0.6 is 0 Å². The van der Waals surface area contributed by atoms with Crippen LogP contribution in [0.2, 0.25) is 0 Å². The summed E-state index contributed by atoms with van der Waals surface area (Å²) in [4.78, 5) is 26.0. The molecule has 0 spiro atoms. The van der Waals surface area contributed by atoms with Crippen LogP contribution in [0.3, 0.4) is 0 Å². The molecule has 0 saturated carbocycles. The highest BCUT2D eigenvalue weighted by Crippen LogP contribution is 2.18. The quantitative estimate of drug-likeness (QED) is 0.835. The third-order valence-electron chi connectivity index (χ3n) is 2.57. The molecule has 0 atom stereocenters. The van der Waals surface area contributed by atoms with E-state index in [4.69, 9.17) is 10.2 Å². The Morgan fingerprint density at radius 1 is 0.900 bits per heavy atom. The first-order chi connectivity index (χ1) is 9.56. The van der Waals surface area contributed by atoms with Crippen LogP contribution in [0.1, 0.15) is 26.3 Å². The zero-order chi connectivity index (χ0) is 14.5. The molecule has 0 aliphatic heterocycles. The maximum atomic E-state index is 11.0. The molecule has 20 heavy (non-hydrogen) atoms. The molecule has 5 heteroatoms. The van der Waals surface area contributed by atoms with Crippen molar-refractivity contribution in [3.63, 3.8) is 0 Å². The standard InChI is InChI=1S/C15H11NO4/c17-14(18)11-6-12(15(19)20)8-13(7-11)16-9-10-4-2-1-3-5-10/h1-9H,(H,17,18)(H,19,20). The van der Waals surface area contributed by atoms with E-state index in [2.05, 4.69) is 4.99 Å². The van der Waals surface area contributed by atoms with Gasteiger partial charge in [-0.1, -0.05) is 30.3 Å². The highest BCUT2D eigenvalue weighted by molar-refractivity contribution is 5.95. The van der Waals surface area contributed by atoms with Crippen molar-refractivity contribution in [2.24, 2.45) is 4.99 Å². The third-order valence-corrected chi connectivity index (χ3v) is 2.57. The molecular weight excluding hydrogens is 258 g/mol. The van der Waals surface area contributed by atoms with E-state index in [0.29, 0.717) is 0 Å². The molecule has 0 heterocycles. The molecule has 2 rings (SSSR count). The fourth-order valence-electron chi connectivity index (χ4n) is 1.62. The van der Waals surface area contributed by atoms with E-state index in [-0.39, 0.29) is 16.8 Å². The molecule has 0 aliphatic carbocycles. The summed E-state index contributed by atoms with van der Waals surface area (Å²) >= 11 is 0. The summed E-state index contributed by atoms with van der Waals surface area (Å²) in [5.41, 5.74) is 0.909. The molecule has 100 valence electrons. The molecule has 2 aromatic carbocycles. The number of nitrogens with zero attached hydrogens (tertiary/aromatic N) is 1. The van der Waals surface area contributed by atoms with E-state index < -0.39 is 11.9 Å². The number of carbonyl (C=O) groups is 2. The first-order valence-corrected chi connectivity index (χ1v) is 5.77. The number of benzene rings is 2. The van der Waals surface area contributed by atoms with Crippen molar-refractivity contribution in [1.29, 1.82) is 0 Å². The van der Waals surface area contributed by atoms with Crippen molar-refractivity contribution in [1.82, 2.24) is 0 Å². The lowest BCUT2D eigenvalue weighted by atomic mass is 10.1. The Bertz CT molecular complexity index is 645. The predicted molar refractivity (Wildman–Crippen MR) is 74.1 cm³/mol. The summed E-state index contributed by atoms with van der Waals surface area (Å²) in [5, 5.41) is 17.9. The van der Waals surface area contributed by atoms with E-state index >= 15 is 0 Å². The summed E-state index contributed by atoms with van der Waals surface area (Å²) < 4.78 is 0. The van der Waals surface area contributed by atoms with Gasteiger partial charge in [0.2, 0.25) is 0 Å². The monoisotopic (exact) mass is 269 g/mol. The average Bonchev–Trinajstić information content (AvgIpc) is 2.45. The molecule has 2 N–H and O–H groups in total. The van der Waals surface area contributed by atoms with Crippen molar-refractivity contribution < 1.29 is 19.8 Å². The molecule has 0 aliphatic rings. The lowest BCUT2D eigenvalue weighted by Gasteiger charge is -2.01. The maximum Gasteiger partial charge on any atom is 0.335 e. The largest absolute Gasteiger partial charge is 0.478 e. The first-order valence-electron chi connectivity index (χ1n) is 5.77. The maximum absolute atomic E-state index is 11.0. The number of aromatic carboxylic acids is 2. The second-order valence-corrected chi connectivity index (χ2v) is 4.05. The van der Waals surface area contributed by atoms with Crippen LogP contribution < -0.4 is 0 Å². The van der Waals surface area contributed by atoms with Crippen LogP contribution in [-0.4, -0.2) is 28.4 Å². The zero-order valence-corrected chi connectivity index (χ0v) is 10.4. The average molecular weight is 269 g/mol. The second kappa shape index (κ2) is 5.79. The van der Waals surface area contributed by atoms with Crippen molar-refractivity contribution in [3.05, 3.63) is 65.2 Å². The van der Waals surface area contributed by atoms with Crippen molar-refractivity contribution in [2.75, 3.05) is 0 Å². The van der Waals surface area contributed by atoms with Gasteiger partial charge in [0.05, 0.1) is 16.8 Å². The number of aliphatic imine (C=N–C) groups is 1. The lowest BCUT2D eigenvalue weighted by Crippen LogP contribution is -2.01. The molecule has 0 amide bonds.